The molecule has 0 saturated heterocycles. The molecular weight excluding hydrogens is 320 g/mol. The highest BCUT2D eigenvalue weighted by Gasteiger charge is 2.15. The number of nitrogens with zero attached hydrogens (tertiary/aromatic N) is 2. The molecule has 0 aliphatic rings. The number of aliphatic hydroxyl groups is 1. The van der Waals surface area contributed by atoms with E-state index in [9.17, 15) is 5.11 Å². The van der Waals surface area contributed by atoms with Gasteiger partial charge in [0.15, 0.2) is 0 Å². The van der Waals surface area contributed by atoms with Crippen molar-refractivity contribution in [2.24, 2.45) is 0 Å². The topological polar surface area (TPSA) is 49.5 Å². The van der Waals surface area contributed by atoms with Crippen molar-refractivity contribution in [1.82, 2.24) is 10.1 Å². The molecule has 0 unspecified atom stereocenters. The van der Waals surface area contributed by atoms with E-state index >= 15 is 0 Å². The fourth-order valence-corrected chi connectivity index (χ4v) is 2.41. The lowest BCUT2D eigenvalue weighted by Crippen LogP contribution is -2.24. The van der Waals surface area contributed by atoms with Crippen molar-refractivity contribution in [3.8, 4) is 0 Å². The lowest BCUT2D eigenvalue weighted by molar-refractivity contribution is 0.123. The number of hydrogen-bond donors (Lipinski definition) is 1. The minimum atomic E-state index is -0.506. The van der Waals surface area contributed by atoms with E-state index in [1.807, 2.05) is 45.2 Å². The molecule has 108 valence electrons. The monoisotopic (exact) mass is 338 g/mol. The molecule has 0 radical (unpaired) electrons. The number of likely N-dealkylation sites (N-methyl/N-ethyl adjacent to an activating group) is 1. The van der Waals surface area contributed by atoms with Crippen molar-refractivity contribution in [3.63, 3.8) is 0 Å². The largest absolute Gasteiger partial charge is 0.387 e. The molecule has 0 amide bonds. The second-order valence-corrected chi connectivity index (χ2v) is 5.98. The van der Waals surface area contributed by atoms with E-state index < -0.39 is 6.10 Å². The van der Waals surface area contributed by atoms with Crippen LogP contribution >= 0.6 is 15.9 Å². The maximum atomic E-state index is 10.3. The summed E-state index contributed by atoms with van der Waals surface area (Å²) >= 11 is 3.39. The molecule has 1 N–H and O–H groups in total. The second-order valence-electron chi connectivity index (χ2n) is 5.07. The number of aryl methyl sites for hydroxylation is 2. The van der Waals surface area contributed by atoms with E-state index in [4.69, 9.17) is 4.52 Å². The fourth-order valence-electron chi connectivity index (χ4n) is 2.15. The molecule has 0 spiro atoms. The van der Waals surface area contributed by atoms with Gasteiger partial charge in [-0.25, -0.2) is 0 Å². The molecule has 5 heteroatoms. The second kappa shape index (κ2) is 6.52. The Bertz CT molecular complexity index is 546. The summed E-state index contributed by atoms with van der Waals surface area (Å²) in [5.74, 6) is 0.840. The molecule has 20 heavy (non-hydrogen) atoms. The minimum Gasteiger partial charge on any atom is -0.387 e. The Morgan fingerprint density at radius 1 is 1.30 bits per heavy atom. The van der Waals surface area contributed by atoms with Crippen molar-refractivity contribution in [2.45, 2.75) is 26.5 Å². The van der Waals surface area contributed by atoms with E-state index in [2.05, 4.69) is 26.0 Å². The SMILES string of the molecule is Cc1noc(C)c1CN(C)C[C@H](O)c1ccc(Br)cc1. The van der Waals surface area contributed by atoms with Crippen molar-refractivity contribution in [1.29, 1.82) is 0 Å². The summed E-state index contributed by atoms with van der Waals surface area (Å²) in [6.07, 6.45) is -0.506. The van der Waals surface area contributed by atoms with Gasteiger partial charge in [-0.1, -0.05) is 33.2 Å². The number of rotatable bonds is 5. The number of halogens is 1. The average molecular weight is 339 g/mol. The highest BCUT2D eigenvalue weighted by atomic mass is 79.9. The van der Waals surface area contributed by atoms with E-state index in [0.29, 0.717) is 6.54 Å². The molecule has 0 aliphatic heterocycles. The number of aliphatic hydroxyl groups excluding tert-OH is 1. The molecule has 1 heterocycles. The van der Waals surface area contributed by atoms with Gasteiger partial charge in [0.05, 0.1) is 11.8 Å². The predicted molar refractivity (Wildman–Crippen MR) is 81.4 cm³/mol. The predicted octanol–water partition coefficient (Wildman–Crippen LogP) is 3.22. The van der Waals surface area contributed by atoms with Crippen LogP contribution in [0, 0.1) is 13.8 Å². The molecule has 0 aliphatic carbocycles. The van der Waals surface area contributed by atoms with Crippen LogP contribution in [0.15, 0.2) is 33.3 Å². The Balaban J connectivity index is 1.97. The molecule has 4 nitrogen and oxygen atoms in total. The van der Waals surface area contributed by atoms with Gasteiger partial charge in [-0.05, 0) is 38.6 Å². The fraction of sp³-hybridized carbons (Fsp3) is 0.400. The third-order valence-electron chi connectivity index (χ3n) is 3.35. The van der Waals surface area contributed by atoms with Gasteiger partial charge in [0.1, 0.15) is 5.76 Å². The molecule has 1 aromatic heterocycles. The zero-order chi connectivity index (χ0) is 14.7. The molecule has 2 aromatic rings. The Morgan fingerprint density at radius 2 is 1.95 bits per heavy atom. The first kappa shape index (κ1) is 15.2. The number of aromatic nitrogens is 1. The lowest BCUT2D eigenvalue weighted by atomic mass is 10.1. The van der Waals surface area contributed by atoms with Crippen LogP contribution in [0.25, 0.3) is 0 Å². The standard InChI is InChI=1S/C15H19BrN2O2/c1-10-14(11(2)20-17-10)8-18(3)9-15(19)12-4-6-13(16)7-5-12/h4-7,15,19H,8-9H2,1-3H3/t15-/m0/s1. The first-order valence-corrected chi connectivity index (χ1v) is 7.30. The minimum absolute atomic E-state index is 0.506. The Kier molecular flexibility index (Phi) is 4.96. The van der Waals surface area contributed by atoms with Crippen LogP contribution in [-0.4, -0.2) is 28.8 Å². The summed E-state index contributed by atoms with van der Waals surface area (Å²) in [7, 11) is 1.98. The zero-order valence-corrected chi connectivity index (χ0v) is 13.5. The van der Waals surface area contributed by atoms with E-state index in [-0.39, 0.29) is 0 Å². The van der Waals surface area contributed by atoms with Crippen LogP contribution in [0.4, 0.5) is 0 Å². The number of hydrogen-bond acceptors (Lipinski definition) is 4. The van der Waals surface area contributed by atoms with Crippen LogP contribution in [0.3, 0.4) is 0 Å². The highest BCUT2D eigenvalue weighted by Crippen LogP contribution is 2.19. The quantitative estimate of drug-likeness (QED) is 0.909. The van der Waals surface area contributed by atoms with Crippen LogP contribution in [0.2, 0.25) is 0 Å². The molecule has 1 aromatic carbocycles. The van der Waals surface area contributed by atoms with Crippen molar-refractivity contribution in [2.75, 3.05) is 13.6 Å². The van der Waals surface area contributed by atoms with Crippen LogP contribution in [-0.2, 0) is 6.54 Å². The Morgan fingerprint density at radius 3 is 2.50 bits per heavy atom. The van der Waals surface area contributed by atoms with Gasteiger partial charge in [-0.3, -0.25) is 4.90 Å². The van der Waals surface area contributed by atoms with Gasteiger partial charge in [0.25, 0.3) is 0 Å². The van der Waals surface area contributed by atoms with Crippen LogP contribution < -0.4 is 0 Å². The molecule has 0 fully saturated rings. The van der Waals surface area contributed by atoms with E-state index in [1.165, 1.54) is 0 Å². The maximum Gasteiger partial charge on any atom is 0.138 e. The molecular formula is C15H19BrN2O2. The van der Waals surface area contributed by atoms with Gasteiger partial charge in [0.2, 0.25) is 0 Å². The molecule has 2 rings (SSSR count). The molecule has 0 saturated carbocycles. The Labute approximate surface area is 127 Å². The van der Waals surface area contributed by atoms with Crippen LogP contribution in [0.5, 0.6) is 0 Å². The molecule has 0 bridgehead atoms. The summed E-state index contributed by atoms with van der Waals surface area (Å²) in [5, 5.41) is 14.2. The zero-order valence-electron chi connectivity index (χ0n) is 11.9. The summed E-state index contributed by atoms with van der Waals surface area (Å²) in [6.45, 7) is 5.12. The van der Waals surface area contributed by atoms with Gasteiger partial charge >= 0.3 is 0 Å². The summed E-state index contributed by atoms with van der Waals surface area (Å²) in [6, 6.07) is 7.73. The first-order valence-electron chi connectivity index (χ1n) is 6.51. The van der Waals surface area contributed by atoms with Gasteiger partial charge < -0.3 is 9.63 Å². The highest BCUT2D eigenvalue weighted by molar-refractivity contribution is 9.10. The summed E-state index contributed by atoms with van der Waals surface area (Å²) in [4.78, 5) is 2.07. The smallest absolute Gasteiger partial charge is 0.138 e. The normalized spacial score (nSPS) is 12.9. The third-order valence-corrected chi connectivity index (χ3v) is 3.88. The van der Waals surface area contributed by atoms with Gasteiger partial charge in [-0.15, -0.1) is 0 Å². The van der Waals surface area contributed by atoms with E-state index in [0.717, 1.165) is 33.6 Å². The Hall–Kier alpha value is -1.17. The summed E-state index contributed by atoms with van der Waals surface area (Å²) < 4.78 is 6.17. The average Bonchev–Trinajstić information content (AvgIpc) is 2.71. The van der Waals surface area contributed by atoms with Crippen molar-refractivity contribution < 1.29 is 9.63 Å². The summed E-state index contributed by atoms with van der Waals surface area (Å²) in [5.41, 5.74) is 2.92. The number of benzene rings is 1. The van der Waals surface area contributed by atoms with Gasteiger partial charge in [-0.2, -0.15) is 0 Å². The van der Waals surface area contributed by atoms with Crippen LogP contribution in [0.1, 0.15) is 28.7 Å². The third kappa shape index (κ3) is 3.69. The van der Waals surface area contributed by atoms with Crippen molar-refractivity contribution >= 4 is 15.9 Å². The van der Waals surface area contributed by atoms with Gasteiger partial charge in [0, 0.05) is 23.1 Å². The molecule has 1 atom stereocenters. The van der Waals surface area contributed by atoms with Crippen molar-refractivity contribution in [3.05, 3.63) is 51.3 Å². The first-order chi connectivity index (χ1) is 9.47. The lowest BCUT2D eigenvalue weighted by Gasteiger charge is -2.20. The van der Waals surface area contributed by atoms with E-state index in [1.54, 1.807) is 0 Å². The maximum absolute atomic E-state index is 10.3.